The van der Waals surface area contributed by atoms with Crippen molar-refractivity contribution in [3.05, 3.63) is 71.8 Å². The van der Waals surface area contributed by atoms with Crippen molar-refractivity contribution in [2.24, 2.45) is 0 Å². The molecule has 0 bridgehead atoms. The van der Waals surface area contributed by atoms with Crippen LogP contribution in [0, 0.1) is 0 Å². The minimum Gasteiger partial charge on any atom is -0.490 e. The van der Waals surface area contributed by atoms with Crippen LogP contribution in [0.25, 0.3) is 11.1 Å². The van der Waals surface area contributed by atoms with E-state index in [9.17, 15) is 9.59 Å². The van der Waals surface area contributed by atoms with Crippen molar-refractivity contribution in [1.82, 2.24) is 0 Å². The van der Waals surface area contributed by atoms with Crippen molar-refractivity contribution >= 4 is 23.3 Å². The van der Waals surface area contributed by atoms with Crippen LogP contribution in [0.1, 0.15) is 602 Å². The average molecular weight is 1900 g/mol. The Labute approximate surface area is 836 Å². The molecule has 0 aliphatic carbocycles. The van der Waals surface area contributed by atoms with E-state index in [1.807, 2.05) is 0 Å². The molecule has 4 aromatic carbocycles. The van der Waals surface area contributed by atoms with Gasteiger partial charge in [0.2, 0.25) is 11.5 Å². The molecule has 0 unspecified atom stereocenters. The fourth-order valence-corrected chi connectivity index (χ4v) is 18.9. The van der Waals surface area contributed by atoms with Gasteiger partial charge in [0.25, 0.3) is 0 Å². The van der Waals surface area contributed by atoms with E-state index in [0.717, 1.165) is 103 Å². The average Bonchev–Trinajstić information content (AvgIpc) is 0.804. The summed E-state index contributed by atoms with van der Waals surface area (Å²) in [6.07, 6.45) is 106. The van der Waals surface area contributed by atoms with Gasteiger partial charge in [-0.2, -0.15) is 0 Å². The molecule has 14 nitrogen and oxygen atoms in total. The maximum atomic E-state index is 14.9. The van der Waals surface area contributed by atoms with Crippen LogP contribution in [0.2, 0.25) is 0 Å². The molecule has 0 heterocycles. The Morgan fingerprint density at radius 3 is 0.493 bits per heavy atom. The summed E-state index contributed by atoms with van der Waals surface area (Å²) < 4.78 is 40.5. The fourth-order valence-electron chi connectivity index (χ4n) is 18.9. The van der Waals surface area contributed by atoms with Gasteiger partial charge in [-0.05, 0) is 87.1 Å². The van der Waals surface area contributed by atoms with E-state index in [2.05, 4.69) is 41.5 Å². The monoisotopic (exact) mass is 1900 g/mol. The summed E-state index contributed by atoms with van der Waals surface area (Å²) >= 11 is 0. The number of benzene rings is 4. The molecule has 0 atom stereocenters. The van der Waals surface area contributed by atoms with Crippen molar-refractivity contribution in [3.63, 3.8) is 0 Å². The summed E-state index contributed by atoms with van der Waals surface area (Å²) in [7, 11) is 0. The molecule has 4 aromatic rings. The Bertz CT molecular complexity index is 3030. The highest BCUT2D eigenvalue weighted by molar-refractivity contribution is 5.92. The Hall–Kier alpha value is -6.18. The van der Waals surface area contributed by atoms with E-state index in [1.165, 1.54) is 437 Å². The van der Waals surface area contributed by atoms with Crippen molar-refractivity contribution in [2.45, 2.75) is 581 Å². The van der Waals surface area contributed by atoms with Crippen LogP contribution < -0.4 is 49.7 Å². The lowest BCUT2D eigenvalue weighted by Crippen LogP contribution is -2.13. The van der Waals surface area contributed by atoms with Crippen LogP contribution in [-0.2, 0) is 9.78 Å². The van der Waals surface area contributed by atoms with Gasteiger partial charge in [0, 0.05) is 34.6 Å². The van der Waals surface area contributed by atoms with Gasteiger partial charge in [-0.15, -0.1) is 0 Å². The normalized spacial score (nSPS) is 11.4. The summed E-state index contributed by atoms with van der Waals surface area (Å²) in [5.74, 6) is 1.49. The van der Waals surface area contributed by atoms with Crippen molar-refractivity contribution in [3.8, 4) is 57.1 Å². The molecule has 136 heavy (non-hydrogen) atoms. The maximum Gasteiger partial charge on any atom is 0.386 e. The Morgan fingerprint density at radius 2 is 0.331 bits per heavy atom. The van der Waals surface area contributed by atoms with E-state index < -0.39 is 11.9 Å². The first-order chi connectivity index (χ1) is 67.2. The van der Waals surface area contributed by atoms with Gasteiger partial charge in [0.05, 0.1) is 50.8 Å². The Balaban J connectivity index is 1.61. The zero-order valence-electron chi connectivity index (χ0n) is 89.5. The molecule has 0 aromatic heterocycles. The number of hydrogen-bond acceptors (Lipinski definition) is 14. The third kappa shape index (κ3) is 66.5. The summed E-state index contributed by atoms with van der Waals surface area (Å²) in [4.78, 5) is 53.8. The molecule has 4 N–H and O–H groups in total. The number of unbranched alkanes of at least 4 members (excludes halogenated alkanes) is 78. The Kier molecular flexibility index (Phi) is 82.0. The molecule has 14 heteroatoms. The highest BCUT2D eigenvalue weighted by Crippen LogP contribution is 2.44. The second-order valence-electron chi connectivity index (χ2n) is 40.7. The summed E-state index contributed by atoms with van der Waals surface area (Å²) in [5, 5.41) is 0. The lowest BCUT2D eigenvalue weighted by molar-refractivity contribution is -0.150. The number of hydrogen-bond donors (Lipinski definition) is 2. The third-order valence-corrected chi connectivity index (χ3v) is 27.7. The topological polar surface area (TPSA) is 178 Å². The lowest BCUT2D eigenvalue weighted by atomic mass is 10.0. The third-order valence-electron chi connectivity index (χ3n) is 27.7. The minimum atomic E-state index is -0.769. The molecule has 0 fully saturated rings. The first-order valence-corrected chi connectivity index (χ1v) is 58.9. The second kappa shape index (κ2) is 91.3. The van der Waals surface area contributed by atoms with Gasteiger partial charge < -0.3 is 39.9 Å². The smallest absolute Gasteiger partial charge is 0.386 e. The van der Waals surface area contributed by atoms with Crippen LogP contribution in [0.3, 0.4) is 0 Å². The van der Waals surface area contributed by atoms with Crippen LogP contribution in [0.5, 0.6) is 46.0 Å². The maximum absolute atomic E-state index is 14.9. The number of nitrogen functional groups attached to an aromatic ring is 2. The zero-order chi connectivity index (χ0) is 97.0. The number of rotatable bonds is 103. The van der Waals surface area contributed by atoms with Gasteiger partial charge in [0.1, 0.15) is 0 Å². The predicted octanol–water partition coefficient (Wildman–Crippen LogP) is 40.0. The highest BCUT2D eigenvalue weighted by Gasteiger charge is 2.26. The van der Waals surface area contributed by atoms with Crippen LogP contribution >= 0.6 is 0 Å². The number of anilines is 2. The summed E-state index contributed by atoms with van der Waals surface area (Å²) in [6.45, 7) is 16.6. The van der Waals surface area contributed by atoms with Gasteiger partial charge in [-0.1, -0.05) is 542 Å². The molecule has 0 saturated carbocycles. The van der Waals surface area contributed by atoms with Crippen molar-refractivity contribution in [1.29, 1.82) is 0 Å². The quantitative estimate of drug-likeness (QED) is 0.0185. The van der Waals surface area contributed by atoms with E-state index >= 15 is 0 Å². The van der Waals surface area contributed by atoms with Gasteiger partial charge >= 0.3 is 11.9 Å². The standard InChI is InChI=1S/C122H212N2O12/c1-7-13-19-25-31-37-43-49-55-61-67-73-79-85-95-127-115-101-107(102-116(128-96-86-80-74-68-62-56-50-44-38-32-26-20-14-8-2)119(115)131-99-89-83-77-71-65-59-53-47-41-35-29-23-17-11-5)121(125)135-133-113-105-109(123)91-93-111(113)112-94-92-110(124)106-114(112)134-136-122(126)108-103-117(129-97-87-81-75-69-63-57-51-45-39-33-27-21-15-9-3)120(132-100-90-84-78-72-66-60-54-48-42-36-30-24-18-12-6)118(104-108)130-98-88-82-76-70-64-58-52-46-40-34-28-22-16-10-4/h91-94,101-106H,7-90,95-100,123-124H2,1-6H3. The Morgan fingerprint density at radius 1 is 0.184 bits per heavy atom. The van der Waals surface area contributed by atoms with E-state index in [-0.39, 0.29) is 22.6 Å². The van der Waals surface area contributed by atoms with Crippen molar-refractivity contribution < 1.29 is 57.6 Å². The van der Waals surface area contributed by atoms with Gasteiger partial charge in [0.15, 0.2) is 34.5 Å². The van der Waals surface area contributed by atoms with E-state index in [1.54, 1.807) is 60.7 Å². The molecular formula is C122H212N2O12. The summed E-state index contributed by atoms with van der Waals surface area (Å²) in [6, 6.07) is 17.0. The molecule has 0 spiro atoms. The number of carbonyl (C=O) groups excluding carboxylic acids is 2. The molecule has 0 aliphatic rings. The molecule has 782 valence electrons. The first-order valence-electron chi connectivity index (χ1n) is 58.9. The molecule has 0 aliphatic heterocycles. The number of carbonyl (C=O) groups is 2. The number of nitrogens with two attached hydrogens (primary N) is 2. The van der Waals surface area contributed by atoms with Crippen molar-refractivity contribution in [2.75, 3.05) is 51.1 Å². The minimum absolute atomic E-state index is 0.108. The highest BCUT2D eigenvalue weighted by atomic mass is 17.2. The van der Waals surface area contributed by atoms with Gasteiger partial charge in [-0.25, -0.2) is 19.4 Å². The first kappa shape index (κ1) is 122. The van der Waals surface area contributed by atoms with Crippen LogP contribution in [0.4, 0.5) is 11.4 Å². The predicted molar refractivity (Wildman–Crippen MR) is 581 cm³/mol. The SMILES string of the molecule is CCCCCCCCCCCCCCCCOc1cc(C(=O)OOc2cc(N)ccc2-c2ccc(N)cc2OOC(=O)c2cc(OCCCCCCCCCCCCCCCC)c(OCCCCCCCCCCCCCCCC)c(OCCCCCCCCCCCCCCCC)c2)cc(OCCCCCCCCCCCCCCCC)c1OCCCCCCCCCCCCCCCC. The summed E-state index contributed by atoms with van der Waals surface area (Å²) in [5.41, 5.74) is 15.1. The molecular weight excluding hydrogens is 1690 g/mol. The number of ether oxygens (including phenoxy) is 6. The van der Waals surface area contributed by atoms with E-state index in [0.29, 0.717) is 96.6 Å². The molecule has 0 amide bonds. The largest absolute Gasteiger partial charge is 0.490 e. The molecule has 4 rings (SSSR count). The molecule has 0 saturated heterocycles. The van der Waals surface area contributed by atoms with E-state index in [4.69, 9.17) is 59.4 Å². The zero-order valence-corrected chi connectivity index (χ0v) is 89.5. The van der Waals surface area contributed by atoms with Gasteiger partial charge in [-0.3, -0.25) is 9.78 Å². The molecule has 0 radical (unpaired) electrons. The van der Waals surface area contributed by atoms with Crippen LogP contribution in [0.15, 0.2) is 60.7 Å². The fraction of sp³-hybridized carbons (Fsp3) is 0.787. The second-order valence-corrected chi connectivity index (χ2v) is 40.7. The lowest BCUT2D eigenvalue weighted by Gasteiger charge is -2.19. The van der Waals surface area contributed by atoms with Crippen LogP contribution in [-0.4, -0.2) is 51.6 Å².